The maximum atomic E-state index is 5.54. The SMILES string of the molecule is CNc1nc(C)nc(NC2CCOC2C)c1C. The van der Waals surface area contributed by atoms with E-state index in [0.29, 0.717) is 6.04 Å². The van der Waals surface area contributed by atoms with Gasteiger partial charge in [-0.15, -0.1) is 0 Å². The highest BCUT2D eigenvalue weighted by Gasteiger charge is 2.25. The van der Waals surface area contributed by atoms with Crippen LogP contribution in [0.3, 0.4) is 0 Å². The van der Waals surface area contributed by atoms with E-state index < -0.39 is 0 Å². The zero-order valence-electron chi connectivity index (χ0n) is 10.9. The molecule has 2 unspecified atom stereocenters. The van der Waals surface area contributed by atoms with Gasteiger partial charge in [-0.2, -0.15) is 0 Å². The molecule has 2 atom stereocenters. The minimum absolute atomic E-state index is 0.239. The average Bonchev–Trinajstić information content (AvgIpc) is 2.69. The third-order valence-electron chi connectivity index (χ3n) is 3.19. The summed E-state index contributed by atoms with van der Waals surface area (Å²) in [6.07, 6.45) is 1.26. The van der Waals surface area contributed by atoms with Crippen molar-refractivity contribution in [2.24, 2.45) is 0 Å². The standard InChI is InChI=1S/C12H20N4O/c1-7-11(13-4)14-9(3)15-12(7)16-10-5-6-17-8(10)2/h8,10H,5-6H2,1-4H3,(H2,13,14,15,16). The summed E-state index contributed by atoms with van der Waals surface area (Å²) in [6.45, 7) is 6.84. The summed E-state index contributed by atoms with van der Waals surface area (Å²) >= 11 is 0. The van der Waals surface area contributed by atoms with E-state index in [9.17, 15) is 0 Å². The highest BCUT2D eigenvalue weighted by atomic mass is 16.5. The summed E-state index contributed by atoms with van der Waals surface area (Å²) < 4.78 is 5.54. The predicted octanol–water partition coefficient (Wildman–Crippen LogP) is 1.72. The van der Waals surface area contributed by atoms with Crippen LogP contribution >= 0.6 is 0 Å². The first kappa shape index (κ1) is 12.1. The van der Waals surface area contributed by atoms with Crippen LogP contribution in [0.4, 0.5) is 11.6 Å². The molecule has 5 nitrogen and oxygen atoms in total. The number of anilines is 2. The van der Waals surface area contributed by atoms with E-state index in [4.69, 9.17) is 4.74 Å². The van der Waals surface area contributed by atoms with Crippen molar-refractivity contribution in [3.63, 3.8) is 0 Å². The molecule has 0 spiro atoms. The molecule has 0 bridgehead atoms. The van der Waals surface area contributed by atoms with Crippen LogP contribution in [-0.2, 0) is 4.74 Å². The van der Waals surface area contributed by atoms with Gasteiger partial charge in [0.1, 0.15) is 17.5 Å². The topological polar surface area (TPSA) is 59.1 Å². The molecule has 0 amide bonds. The van der Waals surface area contributed by atoms with Gasteiger partial charge in [-0.1, -0.05) is 0 Å². The number of ether oxygens (including phenoxy) is 1. The maximum Gasteiger partial charge on any atom is 0.135 e. The van der Waals surface area contributed by atoms with Crippen molar-refractivity contribution in [3.05, 3.63) is 11.4 Å². The Balaban J connectivity index is 2.22. The van der Waals surface area contributed by atoms with Crippen molar-refractivity contribution in [3.8, 4) is 0 Å². The molecule has 94 valence electrons. The van der Waals surface area contributed by atoms with Gasteiger partial charge in [0.05, 0.1) is 12.1 Å². The first-order valence-electron chi connectivity index (χ1n) is 6.03. The molecule has 0 aliphatic carbocycles. The minimum Gasteiger partial charge on any atom is -0.376 e. The fourth-order valence-corrected chi connectivity index (χ4v) is 2.11. The van der Waals surface area contributed by atoms with Gasteiger partial charge in [0, 0.05) is 19.2 Å². The van der Waals surface area contributed by atoms with Crippen LogP contribution in [0.1, 0.15) is 24.7 Å². The van der Waals surface area contributed by atoms with Crippen LogP contribution in [0.2, 0.25) is 0 Å². The number of hydrogen-bond acceptors (Lipinski definition) is 5. The van der Waals surface area contributed by atoms with Crippen LogP contribution in [0.25, 0.3) is 0 Å². The van der Waals surface area contributed by atoms with Crippen molar-refractivity contribution in [2.75, 3.05) is 24.3 Å². The Hall–Kier alpha value is -1.36. The minimum atomic E-state index is 0.239. The molecular formula is C12H20N4O. The van der Waals surface area contributed by atoms with Gasteiger partial charge in [-0.25, -0.2) is 9.97 Å². The second kappa shape index (κ2) is 4.87. The number of rotatable bonds is 3. The van der Waals surface area contributed by atoms with Crippen molar-refractivity contribution < 1.29 is 4.74 Å². The monoisotopic (exact) mass is 236 g/mol. The summed E-state index contributed by atoms with van der Waals surface area (Å²) in [4.78, 5) is 8.81. The van der Waals surface area contributed by atoms with Crippen molar-refractivity contribution in [2.45, 2.75) is 39.3 Å². The molecule has 1 aliphatic rings. The van der Waals surface area contributed by atoms with Crippen LogP contribution in [-0.4, -0.2) is 35.8 Å². The Labute approximate surface area is 102 Å². The van der Waals surface area contributed by atoms with Crippen molar-refractivity contribution >= 4 is 11.6 Å². The average molecular weight is 236 g/mol. The molecule has 0 saturated carbocycles. The van der Waals surface area contributed by atoms with E-state index in [1.54, 1.807) is 0 Å². The molecule has 0 aromatic carbocycles. The molecule has 1 saturated heterocycles. The van der Waals surface area contributed by atoms with E-state index >= 15 is 0 Å². The zero-order chi connectivity index (χ0) is 12.4. The Morgan fingerprint density at radius 3 is 2.53 bits per heavy atom. The smallest absolute Gasteiger partial charge is 0.135 e. The van der Waals surface area contributed by atoms with Gasteiger partial charge >= 0.3 is 0 Å². The van der Waals surface area contributed by atoms with Gasteiger partial charge in [0.25, 0.3) is 0 Å². The number of hydrogen-bond donors (Lipinski definition) is 2. The first-order chi connectivity index (χ1) is 8.11. The molecule has 2 heterocycles. The van der Waals surface area contributed by atoms with Gasteiger partial charge in [0.2, 0.25) is 0 Å². The van der Waals surface area contributed by atoms with Gasteiger partial charge in [0.15, 0.2) is 0 Å². The van der Waals surface area contributed by atoms with Crippen LogP contribution in [0, 0.1) is 13.8 Å². The molecule has 2 rings (SSSR count). The summed E-state index contributed by atoms with van der Waals surface area (Å²) in [5, 5.41) is 6.55. The Morgan fingerprint density at radius 2 is 1.94 bits per heavy atom. The van der Waals surface area contributed by atoms with Crippen LogP contribution < -0.4 is 10.6 Å². The molecule has 2 N–H and O–H groups in total. The molecule has 1 aliphatic heterocycles. The highest BCUT2D eigenvalue weighted by Crippen LogP contribution is 2.23. The lowest BCUT2D eigenvalue weighted by Crippen LogP contribution is -2.28. The Bertz CT molecular complexity index is 408. The lowest BCUT2D eigenvalue weighted by molar-refractivity contribution is 0.121. The lowest BCUT2D eigenvalue weighted by atomic mass is 10.1. The Morgan fingerprint density at radius 1 is 1.24 bits per heavy atom. The Kier molecular flexibility index (Phi) is 3.47. The molecule has 0 radical (unpaired) electrons. The summed E-state index contributed by atoms with van der Waals surface area (Å²) in [7, 11) is 1.87. The van der Waals surface area contributed by atoms with Gasteiger partial charge in [-0.05, 0) is 27.2 Å². The number of nitrogens with one attached hydrogen (secondary N) is 2. The van der Waals surface area contributed by atoms with Crippen molar-refractivity contribution in [1.82, 2.24) is 9.97 Å². The number of nitrogens with zero attached hydrogens (tertiary/aromatic N) is 2. The van der Waals surface area contributed by atoms with E-state index in [-0.39, 0.29) is 6.10 Å². The molecule has 5 heteroatoms. The summed E-state index contributed by atoms with van der Waals surface area (Å²) in [6, 6.07) is 0.340. The second-order valence-corrected chi connectivity index (χ2v) is 4.46. The van der Waals surface area contributed by atoms with Crippen LogP contribution in [0.15, 0.2) is 0 Å². The first-order valence-corrected chi connectivity index (χ1v) is 6.03. The van der Waals surface area contributed by atoms with E-state index in [2.05, 4.69) is 27.5 Å². The quantitative estimate of drug-likeness (QED) is 0.837. The second-order valence-electron chi connectivity index (χ2n) is 4.46. The fourth-order valence-electron chi connectivity index (χ4n) is 2.11. The molecule has 17 heavy (non-hydrogen) atoms. The third-order valence-corrected chi connectivity index (χ3v) is 3.19. The number of aryl methyl sites for hydroxylation is 1. The van der Waals surface area contributed by atoms with E-state index in [0.717, 1.165) is 36.1 Å². The van der Waals surface area contributed by atoms with E-state index in [1.807, 2.05) is 20.9 Å². The zero-order valence-corrected chi connectivity index (χ0v) is 10.9. The molecule has 1 aromatic rings. The van der Waals surface area contributed by atoms with Crippen LogP contribution in [0.5, 0.6) is 0 Å². The highest BCUT2D eigenvalue weighted by molar-refractivity contribution is 5.57. The van der Waals surface area contributed by atoms with Gasteiger partial charge in [-0.3, -0.25) is 0 Å². The molecule has 1 aromatic heterocycles. The normalized spacial score (nSPS) is 23.8. The molecular weight excluding hydrogens is 216 g/mol. The molecule has 1 fully saturated rings. The largest absolute Gasteiger partial charge is 0.376 e. The van der Waals surface area contributed by atoms with Gasteiger partial charge < -0.3 is 15.4 Å². The van der Waals surface area contributed by atoms with Crippen molar-refractivity contribution in [1.29, 1.82) is 0 Å². The third kappa shape index (κ3) is 2.49. The van der Waals surface area contributed by atoms with E-state index in [1.165, 1.54) is 0 Å². The maximum absolute atomic E-state index is 5.54. The summed E-state index contributed by atoms with van der Waals surface area (Å²) in [5.41, 5.74) is 1.05. The summed E-state index contributed by atoms with van der Waals surface area (Å²) in [5.74, 6) is 2.56. The fraction of sp³-hybridized carbons (Fsp3) is 0.667. The number of aromatic nitrogens is 2. The lowest BCUT2D eigenvalue weighted by Gasteiger charge is -2.19. The predicted molar refractivity (Wildman–Crippen MR) is 68.5 cm³/mol.